The summed E-state index contributed by atoms with van der Waals surface area (Å²) in [5, 5.41) is 3.20. The van der Waals surface area contributed by atoms with Gasteiger partial charge < -0.3 is 5.32 Å². The van der Waals surface area contributed by atoms with Crippen LogP contribution in [0.2, 0.25) is 0 Å². The van der Waals surface area contributed by atoms with Crippen molar-refractivity contribution < 1.29 is 17.9 Å². The minimum atomic E-state index is -4.53. The molecule has 0 heterocycles. The molecule has 1 aromatic rings. The number of halogens is 3. The standard InChI is InChI=1S/C12H16F3NOS/c1-2-16-9-10-3-5-11(6-4-10)18-8-7-17-12(13,14)15/h3-6,16H,2,7-9H2,1H3. The monoisotopic (exact) mass is 279 g/mol. The zero-order valence-electron chi connectivity index (χ0n) is 10.1. The van der Waals surface area contributed by atoms with Gasteiger partial charge in [0.15, 0.2) is 0 Å². The highest BCUT2D eigenvalue weighted by Gasteiger charge is 2.28. The van der Waals surface area contributed by atoms with Crippen LogP contribution < -0.4 is 5.32 Å². The molecular formula is C12H16F3NOS. The van der Waals surface area contributed by atoms with E-state index < -0.39 is 6.36 Å². The Balaban J connectivity index is 2.26. The summed E-state index contributed by atoms with van der Waals surface area (Å²) in [6, 6.07) is 7.75. The van der Waals surface area contributed by atoms with Crippen molar-refractivity contribution in [1.82, 2.24) is 5.32 Å². The molecule has 1 rings (SSSR count). The average Bonchev–Trinajstić information content (AvgIpc) is 2.32. The predicted octanol–water partition coefficient (Wildman–Crippen LogP) is 3.42. The zero-order valence-corrected chi connectivity index (χ0v) is 10.9. The van der Waals surface area contributed by atoms with Crippen LogP contribution in [0.5, 0.6) is 0 Å². The molecule has 0 amide bonds. The van der Waals surface area contributed by atoms with Gasteiger partial charge in [-0.25, -0.2) is 0 Å². The minimum absolute atomic E-state index is 0.284. The molecule has 0 atom stereocenters. The predicted molar refractivity (Wildman–Crippen MR) is 66.6 cm³/mol. The van der Waals surface area contributed by atoms with Gasteiger partial charge in [-0.05, 0) is 24.2 Å². The molecule has 102 valence electrons. The van der Waals surface area contributed by atoms with Gasteiger partial charge in [-0.1, -0.05) is 19.1 Å². The van der Waals surface area contributed by atoms with Gasteiger partial charge in [0.1, 0.15) is 0 Å². The molecule has 1 N–H and O–H groups in total. The summed E-state index contributed by atoms with van der Waals surface area (Å²) in [7, 11) is 0. The lowest BCUT2D eigenvalue weighted by atomic mass is 10.2. The molecule has 2 nitrogen and oxygen atoms in total. The maximum Gasteiger partial charge on any atom is 0.522 e. The summed E-state index contributed by atoms with van der Waals surface area (Å²) in [5.74, 6) is 0.284. The first-order valence-electron chi connectivity index (χ1n) is 5.64. The van der Waals surface area contributed by atoms with E-state index in [2.05, 4.69) is 10.1 Å². The summed E-state index contributed by atoms with van der Waals surface area (Å²) in [5.41, 5.74) is 1.16. The maximum absolute atomic E-state index is 11.7. The van der Waals surface area contributed by atoms with Crippen LogP contribution in [0.25, 0.3) is 0 Å². The topological polar surface area (TPSA) is 21.3 Å². The zero-order chi connectivity index (χ0) is 13.4. The van der Waals surface area contributed by atoms with Crippen LogP contribution in [0.15, 0.2) is 29.2 Å². The molecule has 0 spiro atoms. The Morgan fingerprint density at radius 1 is 1.22 bits per heavy atom. The normalized spacial score (nSPS) is 11.8. The second-order valence-electron chi connectivity index (χ2n) is 3.57. The van der Waals surface area contributed by atoms with E-state index in [0.29, 0.717) is 0 Å². The third-order valence-electron chi connectivity index (χ3n) is 2.12. The van der Waals surface area contributed by atoms with Crippen LogP contribution in [0, 0.1) is 0 Å². The van der Waals surface area contributed by atoms with Crippen LogP contribution in [-0.2, 0) is 11.3 Å². The molecular weight excluding hydrogens is 263 g/mol. The van der Waals surface area contributed by atoms with Gasteiger partial charge in [0.05, 0.1) is 6.61 Å². The first-order valence-corrected chi connectivity index (χ1v) is 6.63. The van der Waals surface area contributed by atoms with Gasteiger partial charge in [0.25, 0.3) is 0 Å². The fraction of sp³-hybridized carbons (Fsp3) is 0.500. The number of ether oxygens (including phenoxy) is 1. The van der Waals surface area contributed by atoms with Crippen molar-refractivity contribution in [2.24, 2.45) is 0 Å². The average molecular weight is 279 g/mol. The van der Waals surface area contributed by atoms with E-state index in [1.165, 1.54) is 11.8 Å². The molecule has 0 saturated heterocycles. The molecule has 0 unspecified atom stereocenters. The number of hydrogen-bond donors (Lipinski definition) is 1. The van der Waals surface area contributed by atoms with Gasteiger partial charge in [0, 0.05) is 17.2 Å². The fourth-order valence-electron chi connectivity index (χ4n) is 1.29. The molecule has 0 bridgehead atoms. The Morgan fingerprint density at radius 2 is 1.89 bits per heavy atom. The Labute approximate surface area is 109 Å². The lowest BCUT2D eigenvalue weighted by molar-refractivity contribution is -0.322. The molecule has 0 aliphatic heterocycles. The Bertz CT molecular complexity index is 340. The minimum Gasteiger partial charge on any atom is -0.313 e. The van der Waals surface area contributed by atoms with E-state index in [0.717, 1.165) is 23.5 Å². The van der Waals surface area contributed by atoms with Crippen molar-refractivity contribution in [3.63, 3.8) is 0 Å². The van der Waals surface area contributed by atoms with Crippen LogP contribution in [0.3, 0.4) is 0 Å². The van der Waals surface area contributed by atoms with Gasteiger partial charge in [-0.3, -0.25) is 4.74 Å². The van der Waals surface area contributed by atoms with Crippen molar-refractivity contribution in [2.75, 3.05) is 18.9 Å². The van der Waals surface area contributed by atoms with E-state index in [-0.39, 0.29) is 12.4 Å². The third kappa shape index (κ3) is 6.88. The third-order valence-corrected chi connectivity index (χ3v) is 3.10. The highest BCUT2D eigenvalue weighted by atomic mass is 32.2. The summed E-state index contributed by atoms with van der Waals surface area (Å²) in [6.45, 7) is 3.42. The van der Waals surface area contributed by atoms with Gasteiger partial charge in [0.2, 0.25) is 0 Å². The molecule has 0 radical (unpaired) electrons. The Hall–Kier alpha value is -0.720. The van der Waals surface area contributed by atoms with Crippen molar-refractivity contribution in [3.8, 4) is 0 Å². The smallest absolute Gasteiger partial charge is 0.313 e. The molecule has 0 aliphatic carbocycles. The summed E-state index contributed by atoms with van der Waals surface area (Å²) < 4.78 is 38.8. The van der Waals surface area contributed by atoms with Crippen LogP contribution in [-0.4, -0.2) is 25.3 Å². The highest BCUT2D eigenvalue weighted by Crippen LogP contribution is 2.21. The SMILES string of the molecule is CCNCc1ccc(SCCOC(F)(F)F)cc1. The second kappa shape index (κ2) is 7.66. The molecule has 0 saturated carbocycles. The van der Waals surface area contributed by atoms with Gasteiger partial charge in [-0.15, -0.1) is 24.9 Å². The second-order valence-corrected chi connectivity index (χ2v) is 4.74. The number of thioether (sulfide) groups is 1. The summed E-state index contributed by atoms with van der Waals surface area (Å²) in [6.07, 6.45) is -4.53. The van der Waals surface area contributed by atoms with Gasteiger partial charge in [-0.2, -0.15) is 0 Å². The maximum atomic E-state index is 11.7. The lowest BCUT2D eigenvalue weighted by Crippen LogP contribution is -2.15. The van der Waals surface area contributed by atoms with Crippen LogP contribution >= 0.6 is 11.8 Å². The molecule has 6 heteroatoms. The number of hydrogen-bond acceptors (Lipinski definition) is 3. The van der Waals surface area contributed by atoms with Crippen molar-refractivity contribution in [3.05, 3.63) is 29.8 Å². The molecule has 0 aromatic heterocycles. The number of benzene rings is 1. The first-order chi connectivity index (χ1) is 8.51. The lowest BCUT2D eigenvalue weighted by Gasteiger charge is -2.07. The van der Waals surface area contributed by atoms with Crippen LogP contribution in [0.4, 0.5) is 13.2 Å². The van der Waals surface area contributed by atoms with Crippen molar-refractivity contribution in [2.45, 2.75) is 24.7 Å². The van der Waals surface area contributed by atoms with Gasteiger partial charge >= 0.3 is 6.36 Å². The summed E-state index contributed by atoms with van der Waals surface area (Å²) in [4.78, 5) is 0.945. The van der Waals surface area contributed by atoms with E-state index >= 15 is 0 Å². The molecule has 18 heavy (non-hydrogen) atoms. The van der Waals surface area contributed by atoms with Crippen molar-refractivity contribution in [1.29, 1.82) is 0 Å². The quantitative estimate of drug-likeness (QED) is 0.610. The van der Waals surface area contributed by atoms with E-state index in [9.17, 15) is 13.2 Å². The fourth-order valence-corrected chi connectivity index (χ4v) is 2.02. The Morgan fingerprint density at radius 3 is 2.44 bits per heavy atom. The molecule has 1 aromatic carbocycles. The summed E-state index contributed by atoms with van der Waals surface area (Å²) >= 11 is 1.35. The van der Waals surface area contributed by atoms with Crippen LogP contribution in [0.1, 0.15) is 12.5 Å². The van der Waals surface area contributed by atoms with Crippen molar-refractivity contribution >= 4 is 11.8 Å². The molecule has 0 aliphatic rings. The number of alkyl halides is 3. The largest absolute Gasteiger partial charge is 0.522 e. The molecule has 0 fully saturated rings. The first kappa shape index (κ1) is 15.3. The number of rotatable bonds is 7. The highest BCUT2D eigenvalue weighted by molar-refractivity contribution is 7.99. The van der Waals surface area contributed by atoms with E-state index in [1.807, 2.05) is 31.2 Å². The Kier molecular flexibility index (Phi) is 6.52. The van der Waals surface area contributed by atoms with E-state index in [1.54, 1.807) is 0 Å². The number of nitrogens with one attached hydrogen (secondary N) is 1. The van der Waals surface area contributed by atoms with E-state index in [4.69, 9.17) is 0 Å².